The molecule has 102 valence electrons. The van der Waals surface area contributed by atoms with Crippen molar-refractivity contribution in [2.75, 3.05) is 0 Å². The lowest BCUT2D eigenvalue weighted by atomic mass is 10.1. The van der Waals surface area contributed by atoms with Crippen LogP contribution in [0, 0.1) is 5.82 Å². The molecule has 1 aromatic heterocycles. The minimum atomic E-state index is -0.307. The molecule has 5 heteroatoms. The van der Waals surface area contributed by atoms with E-state index in [9.17, 15) is 4.39 Å². The zero-order chi connectivity index (χ0) is 13.8. The third-order valence-electron chi connectivity index (χ3n) is 2.87. The number of halogens is 1. The van der Waals surface area contributed by atoms with E-state index in [1.54, 1.807) is 19.2 Å². The molecule has 0 aliphatic carbocycles. The summed E-state index contributed by atoms with van der Waals surface area (Å²) in [5.41, 5.74) is 7.46. The van der Waals surface area contributed by atoms with Gasteiger partial charge in [0, 0.05) is 29.9 Å². The quantitative estimate of drug-likeness (QED) is 0.902. The highest BCUT2D eigenvalue weighted by Crippen LogP contribution is 2.25. The summed E-state index contributed by atoms with van der Waals surface area (Å²) in [7, 11) is 0. The number of aryl methyl sites for hydroxylation is 1. The van der Waals surface area contributed by atoms with Crippen molar-refractivity contribution in [2.45, 2.75) is 33.0 Å². The lowest BCUT2D eigenvalue weighted by Gasteiger charge is -2.13. The van der Waals surface area contributed by atoms with Gasteiger partial charge in [-0.3, -0.25) is 4.68 Å². The van der Waals surface area contributed by atoms with Crippen LogP contribution in [-0.2, 0) is 13.2 Å². The molecular weight excluding hydrogens is 245 g/mol. The minimum Gasteiger partial charge on any atom is -0.488 e. The van der Waals surface area contributed by atoms with Gasteiger partial charge < -0.3 is 10.5 Å². The summed E-state index contributed by atoms with van der Waals surface area (Å²) in [6.45, 7) is 5.04. The summed E-state index contributed by atoms with van der Waals surface area (Å²) < 4.78 is 20.7. The second-order valence-corrected chi connectivity index (χ2v) is 4.46. The molecule has 2 N–H and O–H groups in total. The number of ether oxygens (including phenoxy) is 1. The van der Waals surface area contributed by atoms with E-state index in [-0.39, 0.29) is 11.9 Å². The van der Waals surface area contributed by atoms with E-state index < -0.39 is 0 Å². The highest BCUT2D eigenvalue weighted by Gasteiger charge is 2.10. The fraction of sp³-hybridized carbons (Fsp3) is 0.357. The van der Waals surface area contributed by atoms with Crippen LogP contribution in [0.25, 0.3) is 0 Å². The molecule has 1 heterocycles. The Hall–Kier alpha value is -1.88. The molecule has 0 saturated carbocycles. The Morgan fingerprint density at radius 1 is 1.47 bits per heavy atom. The molecule has 0 amide bonds. The monoisotopic (exact) mass is 263 g/mol. The standard InChI is InChI=1S/C14H18FN3O/c1-3-18-8-11(7-17-18)9-19-14-5-4-12(15)6-13(14)10(2)16/h4-8,10H,3,9,16H2,1-2H3/t10-/m0/s1. The summed E-state index contributed by atoms with van der Waals surface area (Å²) in [5, 5.41) is 4.17. The molecule has 0 bridgehead atoms. The minimum absolute atomic E-state index is 0.274. The van der Waals surface area contributed by atoms with Crippen molar-refractivity contribution in [1.82, 2.24) is 9.78 Å². The Kier molecular flexibility index (Phi) is 4.16. The number of nitrogens with zero attached hydrogens (tertiary/aromatic N) is 2. The molecule has 0 spiro atoms. The third kappa shape index (κ3) is 3.32. The summed E-state index contributed by atoms with van der Waals surface area (Å²) >= 11 is 0. The second kappa shape index (κ2) is 5.84. The van der Waals surface area contributed by atoms with Crippen molar-refractivity contribution in [1.29, 1.82) is 0 Å². The Morgan fingerprint density at radius 2 is 2.26 bits per heavy atom. The summed E-state index contributed by atoms with van der Waals surface area (Å²) in [5.74, 6) is 0.305. The van der Waals surface area contributed by atoms with E-state index in [4.69, 9.17) is 10.5 Å². The number of aromatic nitrogens is 2. The van der Waals surface area contributed by atoms with Gasteiger partial charge in [-0.15, -0.1) is 0 Å². The Labute approximate surface area is 112 Å². The largest absolute Gasteiger partial charge is 0.488 e. The van der Waals surface area contributed by atoms with Gasteiger partial charge in [0.2, 0.25) is 0 Å². The van der Waals surface area contributed by atoms with Crippen molar-refractivity contribution in [3.63, 3.8) is 0 Å². The van der Waals surface area contributed by atoms with E-state index >= 15 is 0 Å². The Morgan fingerprint density at radius 3 is 2.89 bits per heavy atom. The molecule has 1 aromatic carbocycles. The van der Waals surface area contributed by atoms with Gasteiger partial charge in [-0.1, -0.05) is 0 Å². The highest BCUT2D eigenvalue weighted by molar-refractivity contribution is 5.36. The summed E-state index contributed by atoms with van der Waals surface area (Å²) in [6, 6.07) is 4.12. The Balaban J connectivity index is 2.10. The average molecular weight is 263 g/mol. The molecule has 2 rings (SSSR count). The summed E-state index contributed by atoms with van der Waals surface area (Å²) in [4.78, 5) is 0. The zero-order valence-corrected chi connectivity index (χ0v) is 11.1. The molecule has 0 aliphatic rings. The molecule has 4 nitrogen and oxygen atoms in total. The SMILES string of the molecule is CCn1cc(COc2ccc(F)cc2[C@H](C)N)cn1. The van der Waals surface area contributed by atoms with Crippen molar-refractivity contribution in [3.05, 3.63) is 47.5 Å². The molecule has 2 aromatic rings. The molecule has 19 heavy (non-hydrogen) atoms. The first kappa shape index (κ1) is 13.5. The predicted octanol–water partition coefficient (Wildman–Crippen LogP) is 2.64. The number of hydrogen-bond acceptors (Lipinski definition) is 3. The fourth-order valence-electron chi connectivity index (χ4n) is 1.82. The summed E-state index contributed by atoms with van der Waals surface area (Å²) in [6.07, 6.45) is 3.69. The molecule has 1 atom stereocenters. The lowest BCUT2D eigenvalue weighted by Crippen LogP contribution is -2.08. The predicted molar refractivity (Wildman–Crippen MR) is 71.2 cm³/mol. The van der Waals surface area contributed by atoms with Crippen molar-refractivity contribution >= 4 is 0 Å². The molecule has 0 unspecified atom stereocenters. The van der Waals surface area contributed by atoms with Crippen molar-refractivity contribution in [3.8, 4) is 5.75 Å². The molecule has 0 aliphatic heterocycles. The number of nitrogens with two attached hydrogens (primary N) is 1. The van der Waals surface area contributed by atoms with Gasteiger partial charge in [0.15, 0.2) is 0 Å². The first-order chi connectivity index (χ1) is 9.10. The molecule has 0 radical (unpaired) electrons. The van der Waals surface area contributed by atoms with Gasteiger partial charge in [-0.2, -0.15) is 5.10 Å². The van der Waals surface area contributed by atoms with Crippen LogP contribution in [0.3, 0.4) is 0 Å². The van der Waals surface area contributed by atoms with Crippen LogP contribution in [0.4, 0.5) is 4.39 Å². The van der Waals surface area contributed by atoms with E-state index in [0.717, 1.165) is 12.1 Å². The van der Waals surface area contributed by atoms with Crippen molar-refractivity contribution < 1.29 is 9.13 Å². The number of hydrogen-bond donors (Lipinski definition) is 1. The smallest absolute Gasteiger partial charge is 0.124 e. The van der Waals surface area contributed by atoms with Gasteiger partial charge in [0.05, 0.1) is 6.20 Å². The van der Waals surface area contributed by atoms with Crippen LogP contribution in [-0.4, -0.2) is 9.78 Å². The van der Waals surface area contributed by atoms with Gasteiger partial charge in [0.1, 0.15) is 18.2 Å². The van der Waals surface area contributed by atoms with Gasteiger partial charge in [-0.05, 0) is 32.0 Å². The lowest BCUT2D eigenvalue weighted by molar-refractivity contribution is 0.300. The van der Waals surface area contributed by atoms with E-state index in [0.29, 0.717) is 17.9 Å². The van der Waals surface area contributed by atoms with Crippen LogP contribution in [0.1, 0.15) is 31.0 Å². The van der Waals surface area contributed by atoms with Crippen LogP contribution < -0.4 is 10.5 Å². The van der Waals surface area contributed by atoms with Gasteiger partial charge in [-0.25, -0.2) is 4.39 Å². The van der Waals surface area contributed by atoms with Crippen molar-refractivity contribution in [2.24, 2.45) is 5.73 Å². The van der Waals surface area contributed by atoms with Gasteiger partial charge >= 0.3 is 0 Å². The first-order valence-corrected chi connectivity index (χ1v) is 6.29. The highest BCUT2D eigenvalue weighted by atomic mass is 19.1. The third-order valence-corrected chi connectivity index (χ3v) is 2.87. The molecule has 0 fully saturated rings. The van der Waals surface area contributed by atoms with Crippen LogP contribution in [0.2, 0.25) is 0 Å². The zero-order valence-electron chi connectivity index (χ0n) is 11.1. The van der Waals surface area contributed by atoms with E-state index in [1.165, 1.54) is 12.1 Å². The van der Waals surface area contributed by atoms with Crippen LogP contribution >= 0.6 is 0 Å². The van der Waals surface area contributed by atoms with Crippen LogP contribution in [0.15, 0.2) is 30.6 Å². The van der Waals surface area contributed by atoms with E-state index in [2.05, 4.69) is 5.10 Å². The number of benzene rings is 1. The van der Waals surface area contributed by atoms with Gasteiger partial charge in [0.25, 0.3) is 0 Å². The maximum absolute atomic E-state index is 13.2. The maximum Gasteiger partial charge on any atom is 0.124 e. The Bertz CT molecular complexity index is 551. The second-order valence-electron chi connectivity index (χ2n) is 4.46. The maximum atomic E-state index is 13.2. The topological polar surface area (TPSA) is 53.1 Å². The van der Waals surface area contributed by atoms with E-state index in [1.807, 2.05) is 17.8 Å². The first-order valence-electron chi connectivity index (χ1n) is 6.29. The molecular formula is C14H18FN3O. The fourth-order valence-corrected chi connectivity index (χ4v) is 1.82. The number of rotatable bonds is 5. The normalized spacial score (nSPS) is 12.4. The molecule has 0 saturated heterocycles. The average Bonchev–Trinajstić information content (AvgIpc) is 2.85. The van der Waals surface area contributed by atoms with Crippen LogP contribution in [0.5, 0.6) is 5.75 Å².